The van der Waals surface area contributed by atoms with E-state index in [-0.39, 0.29) is 0 Å². The van der Waals surface area contributed by atoms with Gasteiger partial charge in [0.15, 0.2) is 0 Å². The van der Waals surface area contributed by atoms with Crippen LogP contribution in [0.25, 0.3) is 0 Å². The lowest BCUT2D eigenvalue weighted by Crippen LogP contribution is -2.42. The molecule has 0 saturated carbocycles. The van der Waals surface area contributed by atoms with Gasteiger partial charge in [0, 0.05) is 35.7 Å². The van der Waals surface area contributed by atoms with Crippen LogP contribution >= 0.6 is 15.9 Å². The fourth-order valence-electron chi connectivity index (χ4n) is 3.40. The van der Waals surface area contributed by atoms with Crippen LogP contribution in [-0.4, -0.2) is 31.6 Å². The number of alkyl halides is 1. The molecule has 100 valence electrons. The minimum atomic E-state index is 0.462. The quantitative estimate of drug-likeness (QED) is 0.798. The van der Waals surface area contributed by atoms with Crippen LogP contribution in [0.5, 0.6) is 0 Å². The Hall–Kier alpha value is -0.350. The summed E-state index contributed by atoms with van der Waals surface area (Å²) in [5, 5.41) is 4.68. The van der Waals surface area contributed by atoms with Gasteiger partial charge in [-0.25, -0.2) is 0 Å². The van der Waals surface area contributed by atoms with Crippen molar-refractivity contribution in [1.82, 2.24) is 14.7 Å². The molecule has 0 radical (unpaired) electrons. The third-order valence-corrected chi connectivity index (χ3v) is 5.11. The van der Waals surface area contributed by atoms with E-state index in [2.05, 4.69) is 56.7 Å². The topological polar surface area (TPSA) is 21.1 Å². The summed E-state index contributed by atoms with van der Waals surface area (Å²) in [5.74, 6) is 0. The van der Waals surface area contributed by atoms with Gasteiger partial charge in [0.05, 0.1) is 5.69 Å². The summed E-state index contributed by atoms with van der Waals surface area (Å²) in [5.41, 5.74) is 1.23. The van der Waals surface area contributed by atoms with E-state index in [0.717, 1.165) is 23.5 Å². The van der Waals surface area contributed by atoms with Gasteiger partial charge in [0.1, 0.15) is 0 Å². The van der Waals surface area contributed by atoms with E-state index >= 15 is 0 Å². The second kappa shape index (κ2) is 4.97. The van der Waals surface area contributed by atoms with Gasteiger partial charge < -0.3 is 0 Å². The number of rotatable bonds is 3. The van der Waals surface area contributed by atoms with Crippen molar-refractivity contribution in [2.75, 3.05) is 0 Å². The van der Waals surface area contributed by atoms with Crippen LogP contribution in [-0.2, 0) is 6.54 Å². The van der Waals surface area contributed by atoms with Crippen LogP contribution in [0.15, 0.2) is 12.3 Å². The van der Waals surface area contributed by atoms with E-state index in [1.165, 1.54) is 31.4 Å². The summed E-state index contributed by atoms with van der Waals surface area (Å²) in [6.07, 6.45) is 7.47. The molecule has 2 bridgehead atoms. The number of piperidine rings is 1. The van der Waals surface area contributed by atoms with Gasteiger partial charge in [0.2, 0.25) is 0 Å². The van der Waals surface area contributed by atoms with Crippen LogP contribution < -0.4 is 0 Å². The standard InChI is InChI=1S/C14H22BrN3/c1-10(2)18-6-5-12(16-18)9-17-13-3-4-14(17)8-11(15)7-13/h5-6,10-11,13-14H,3-4,7-9H2,1-2H3. The van der Waals surface area contributed by atoms with E-state index in [0.29, 0.717) is 6.04 Å². The second-order valence-electron chi connectivity index (χ2n) is 6.01. The SMILES string of the molecule is CC(C)n1ccc(CN2C3CCC2CC(Br)C3)n1. The molecule has 0 amide bonds. The Bertz CT molecular complexity index is 401. The van der Waals surface area contributed by atoms with Crippen LogP contribution in [0.4, 0.5) is 0 Å². The van der Waals surface area contributed by atoms with Crippen molar-refractivity contribution in [1.29, 1.82) is 0 Å². The number of fused-ring (bicyclic) bond motifs is 2. The normalized spacial score (nSPS) is 32.3. The van der Waals surface area contributed by atoms with E-state index in [4.69, 9.17) is 0 Å². The van der Waals surface area contributed by atoms with Crippen LogP contribution in [0, 0.1) is 0 Å². The predicted octanol–water partition coefficient (Wildman–Crippen LogP) is 3.35. The molecule has 2 aliphatic rings. The zero-order chi connectivity index (χ0) is 12.7. The van der Waals surface area contributed by atoms with Crippen LogP contribution in [0.3, 0.4) is 0 Å². The largest absolute Gasteiger partial charge is 0.291 e. The second-order valence-corrected chi connectivity index (χ2v) is 7.30. The Morgan fingerprint density at radius 3 is 2.56 bits per heavy atom. The summed E-state index contributed by atoms with van der Waals surface area (Å²) >= 11 is 3.80. The molecule has 0 aromatic carbocycles. The van der Waals surface area contributed by atoms with E-state index < -0.39 is 0 Å². The number of hydrogen-bond donors (Lipinski definition) is 0. The molecule has 2 atom stereocenters. The third-order valence-electron chi connectivity index (χ3n) is 4.36. The van der Waals surface area contributed by atoms with Gasteiger partial charge >= 0.3 is 0 Å². The molecular formula is C14H22BrN3. The summed E-state index contributed by atoms with van der Waals surface area (Å²) in [4.78, 5) is 3.42. The molecule has 0 N–H and O–H groups in total. The van der Waals surface area contributed by atoms with Gasteiger partial charge in [-0.05, 0) is 45.6 Å². The van der Waals surface area contributed by atoms with E-state index in [1.807, 2.05) is 0 Å². The predicted molar refractivity (Wildman–Crippen MR) is 76.9 cm³/mol. The first-order valence-corrected chi connectivity index (χ1v) is 7.99. The molecule has 0 spiro atoms. The number of hydrogen-bond acceptors (Lipinski definition) is 2. The average molecular weight is 312 g/mol. The molecule has 4 heteroatoms. The smallest absolute Gasteiger partial charge is 0.0765 e. The number of aromatic nitrogens is 2. The molecule has 3 heterocycles. The minimum Gasteiger partial charge on any atom is -0.291 e. The molecular weight excluding hydrogens is 290 g/mol. The maximum atomic E-state index is 4.68. The lowest BCUT2D eigenvalue weighted by atomic mass is 10.0. The van der Waals surface area contributed by atoms with Gasteiger partial charge in [-0.2, -0.15) is 5.10 Å². The Morgan fingerprint density at radius 1 is 1.33 bits per heavy atom. The summed E-state index contributed by atoms with van der Waals surface area (Å²) in [6, 6.07) is 4.19. The summed E-state index contributed by atoms with van der Waals surface area (Å²) in [6.45, 7) is 5.39. The molecule has 1 aromatic heterocycles. The molecule has 0 aliphatic carbocycles. The van der Waals surface area contributed by atoms with Crippen molar-refractivity contribution >= 4 is 15.9 Å². The zero-order valence-electron chi connectivity index (χ0n) is 11.2. The first-order valence-electron chi connectivity index (χ1n) is 7.07. The highest BCUT2D eigenvalue weighted by atomic mass is 79.9. The van der Waals surface area contributed by atoms with Crippen molar-refractivity contribution in [2.24, 2.45) is 0 Å². The van der Waals surface area contributed by atoms with E-state index in [9.17, 15) is 0 Å². The van der Waals surface area contributed by atoms with Crippen LogP contribution in [0.1, 0.15) is 51.3 Å². The molecule has 2 unspecified atom stereocenters. The number of halogens is 1. The molecule has 3 nitrogen and oxygen atoms in total. The van der Waals surface area contributed by atoms with Crippen molar-refractivity contribution in [3.8, 4) is 0 Å². The van der Waals surface area contributed by atoms with Gasteiger partial charge in [0.25, 0.3) is 0 Å². The lowest BCUT2D eigenvalue weighted by Gasteiger charge is -2.36. The Morgan fingerprint density at radius 2 is 2.00 bits per heavy atom. The van der Waals surface area contributed by atoms with E-state index in [1.54, 1.807) is 0 Å². The van der Waals surface area contributed by atoms with Gasteiger partial charge in [-0.3, -0.25) is 9.58 Å². The third kappa shape index (κ3) is 2.37. The minimum absolute atomic E-state index is 0.462. The fraction of sp³-hybridized carbons (Fsp3) is 0.786. The maximum Gasteiger partial charge on any atom is 0.0765 e. The number of nitrogens with zero attached hydrogens (tertiary/aromatic N) is 3. The summed E-state index contributed by atoms with van der Waals surface area (Å²) in [7, 11) is 0. The first-order chi connectivity index (χ1) is 8.63. The molecule has 18 heavy (non-hydrogen) atoms. The molecule has 2 saturated heterocycles. The highest BCUT2D eigenvalue weighted by molar-refractivity contribution is 9.09. The van der Waals surface area contributed by atoms with Crippen LogP contribution in [0.2, 0.25) is 0 Å². The average Bonchev–Trinajstić information content (AvgIpc) is 2.85. The first kappa shape index (κ1) is 12.7. The highest BCUT2D eigenvalue weighted by Crippen LogP contribution is 2.39. The van der Waals surface area contributed by atoms with Crippen molar-refractivity contribution in [3.05, 3.63) is 18.0 Å². The highest BCUT2D eigenvalue weighted by Gasteiger charge is 2.39. The van der Waals surface area contributed by atoms with Crippen molar-refractivity contribution in [2.45, 2.75) is 69.0 Å². The molecule has 2 fully saturated rings. The fourth-order valence-corrected chi connectivity index (χ4v) is 4.27. The van der Waals surface area contributed by atoms with Crippen molar-refractivity contribution < 1.29 is 0 Å². The zero-order valence-corrected chi connectivity index (χ0v) is 12.8. The Balaban J connectivity index is 1.69. The van der Waals surface area contributed by atoms with Crippen molar-refractivity contribution in [3.63, 3.8) is 0 Å². The Kier molecular flexibility index (Phi) is 3.50. The van der Waals surface area contributed by atoms with Gasteiger partial charge in [-0.1, -0.05) is 15.9 Å². The monoisotopic (exact) mass is 311 g/mol. The maximum absolute atomic E-state index is 4.68. The lowest BCUT2D eigenvalue weighted by molar-refractivity contribution is 0.135. The Labute approximate surface area is 118 Å². The molecule has 3 rings (SSSR count). The summed E-state index contributed by atoms with van der Waals surface area (Å²) < 4.78 is 2.06. The molecule has 2 aliphatic heterocycles. The van der Waals surface area contributed by atoms with Gasteiger partial charge in [-0.15, -0.1) is 0 Å². The molecule has 1 aromatic rings.